The first kappa shape index (κ1) is 20.1. The number of halogens is 1. The van der Waals surface area contributed by atoms with Crippen LogP contribution in [0.2, 0.25) is 0 Å². The molecule has 0 radical (unpaired) electrons. The molecule has 1 amide bonds. The minimum Gasteiger partial charge on any atom is -0.485 e. The molecular weight excluding hydrogens is 385 g/mol. The summed E-state index contributed by atoms with van der Waals surface area (Å²) in [5, 5.41) is 14.9. The van der Waals surface area contributed by atoms with Gasteiger partial charge in [0.25, 0.3) is 5.91 Å². The minimum atomic E-state index is -0.786. The SMILES string of the molecule is Cc1cc(C(=O)N2CC[C@H](Oc3ccccc3F)[C@@H](O)CC2)nn1-c1ccccc1. The van der Waals surface area contributed by atoms with Gasteiger partial charge < -0.3 is 14.7 Å². The minimum absolute atomic E-state index is 0.110. The van der Waals surface area contributed by atoms with Crippen LogP contribution in [0.4, 0.5) is 4.39 Å². The molecule has 7 heteroatoms. The number of carbonyl (C=O) groups is 1. The Balaban J connectivity index is 1.47. The summed E-state index contributed by atoms with van der Waals surface area (Å²) < 4.78 is 21.3. The first-order chi connectivity index (χ1) is 14.5. The van der Waals surface area contributed by atoms with Crippen molar-refractivity contribution in [2.45, 2.75) is 32.0 Å². The molecule has 1 fully saturated rings. The molecule has 1 saturated heterocycles. The number of carbonyl (C=O) groups excluding carboxylic acids is 1. The van der Waals surface area contributed by atoms with Gasteiger partial charge in [0.15, 0.2) is 17.3 Å². The molecule has 0 bridgehead atoms. The van der Waals surface area contributed by atoms with Gasteiger partial charge >= 0.3 is 0 Å². The van der Waals surface area contributed by atoms with Gasteiger partial charge in [-0.05, 0) is 43.7 Å². The molecule has 2 heterocycles. The lowest BCUT2D eigenvalue weighted by molar-refractivity contribution is 0.0328. The van der Waals surface area contributed by atoms with Crippen molar-refractivity contribution < 1.29 is 19.0 Å². The average Bonchev–Trinajstić information content (AvgIpc) is 3.06. The van der Waals surface area contributed by atoms with Crippen LogP contribution in [0.5, 0.6) is 5.75 Å². The van der Waals surface area contributed by atoms with Gasteiger partial charge in [-0.3, -0.25) is 4.79 Å². The van der Waals surface area contributed by atoms with Crippen LogP contribution in [0.1, 0.15) is 29.0 Å². The zero-order chi connectivity index (χ0) is 21.1. The zero-order valence-corrected chi connectivity index (χ0v) is 16.7. The second kappa shape index (κ2) is 8.67. The van der Waals surface area contributed by atoms with Gasteiger partial charge in [0.05, 0.1) is 11.8 Å². The fourth-order valence-corrected chi connectivity index (χ4v) is 3.68. The van der Waals surface area contributed by atoms with Crippen molar-refractivity contribution in [3.05, 3.63) is 77.9 Å². The molecule has 0 spiro atoms. The maximum Gasteiger partial charge on any atom is 0.274 e. The monoisotopic (exact) mass is 409 g/mol. The lowest BCUT2D eigenvalue weighted by Gasteiger charge is -2.22. The van der Waals surface area contributed by atoms with E-state index in [4.69, 9.17) is 4.74 Å². The third-order valence-corrected chi connectivity index (χ3v) is 5.32. The molecule has 1 aliphatic heterocycles. The van der Waals surface area contributed by atoms with E-state index in [9.17, 15) is 14.3 Å². The highest BCUT2D eigenvalue weighted by atomic mass is 19.1. The molecule has 6 nitrogen and oxygen atoms in total. The summed E-state index contributed by atoms with van der Waals surface area (Å²) in [7, 11) is 0. The van der Waals surface area contributed by atoms with Gasteiger partial charge in [0.2, 0.25) is 0 Å². The summed E-state index contributed by atoms with van der Waals surface area (Å²) in [4.78, 5) is 14.7. The molecule has 0 saturated carbocycles. The molecular formula is C23H24FN3O3. The van der Waals surface area contributed by atoms with E-state index in [0.717, 1.165) is 11.4 Å². The Morgan fingerprint density at radius 3 is 2.57 bits per heavy atom. The van der Waals surface area contributed by atoms with E-state index < -0.39 is 18.0 Å². The van der Waals surface area contributed by atoms with Gasteiger partial charge in [-0.2, -0.15) is 5.10 Å². The third kappa shape index (κ3) is 4.21. The van der Waals surface area contributed by atoms with Crippen molar-refractivity contribution in [2.75, 3.05) is 13.1 Å². The number of aliphatic hydroxyl groups excluding tert-OH is 1. The van der Waals surface area contributed by atoms with Crippen molar-refractivity contribution in [3.8, 4) is 11.4 Å². The van der Waals surface area contributed by atoms with Crippen molar-refractivity contribution in [3.63, 3.8) is 0 Å². The number of aromatic nitrogens is 2. The Morgan fingerprint density at radius 2 is 1.80 bits per heavy atom. The average molecular weight is 409 g/mol. The molecule has 1 N–H and O–H groups in total. The Bertz CT molecular complexity index is 1020. The Kier molecular flexibility index (Phi) is 5.81. The number of para-hydroxylation sites is 2. The number of hydrogen-bond donors (Lipinski definition) is 1. The molecule has 0 aliphatic carbocycles. The van der Waals surface area contributed by atoms with Gasteiger partial charge in [-0.1, -0.05) is 30.3 Å². The second-order valence-electron chi connectivity index (χ2n) is 7.44. The van der Waals surface area contributed by atoms with Crippen LogP contribution in [-0.2, 0) is 0 Å². The van der Waals surface area contributed by atoms with E-state index in [1.165, 1.54) is 12.1 Å². The number of aryl methyl sites for hydroxylation is 1. The van der Waals surface area contributed by atoms with Gasteiger partial charge in [-0.15, -0.1) is 0 Å². The van der Waals surface area contributed by atoms with E-state index in [0.29, 0.717) is 31.6 Å². The largest absolute Gasteiger partial charge is 0.485 e. The summed E-state index contributed by atoms with van der Waals surface area (Å²) in [6, 6.07) is 17.5. The number of benzene rings is 2. The second-order valence-corrected chi connectivity index (χ2v) is 7.44. The molecule has 30 heavy (non-hydrogen) atoms. The van der Waals surface area contributed by atoms with Crippen molar-refractivity contribution in [2.24, 2.45) is 0 Å². The number of likely N-dealkylation sites (tertiary alicyclic amines) is 1. The van der Waals surface area contributed by atoms with Crippen LogP contribution in [0.3, 0.4) is 0 Å². The van der Waals surface area contributed by atoms with Crippen LogP contribution in [-0.4, -0.2) is 51.0 Å². The quantitative estimate of drug-likeness (QED) is 0.718. The summed E-state index contributed by atoms with van der Waals surface area (Å²) in [5.41, 5.74) is 2.11. The fraction of sp³-hybridized carbons (Fsp3) is 0.304. The summed E-state index contributed by atoms with van der Waals surface area (Å²) in [5.74, 6) is -0.547. The first-order valence-corrected chi connectivity index (χ1v) is 10.0. The number of aliphatic hydroxyl groups is 1. The van der Waals surface area contributed by atoms with E-state index in [2.05, 4.69) is 5.10 Å². The smallest absolute Gasteiger partial charge is 0.274 e. The van der Waals surface area contributed by atoms with E-state index >= 15 is 0 Å². The molecule has 156 valence electrons. The number of nitrogens with zero attached hydrogens (tertiary/aromatic N) is 3. The van der Waals surface area contributed by atoms with Crippen LogP contribution >= 0.6 is 0 Å². The third-order valence-electron chi connectivity index (χ3n) is 5.32. The summed E-state index contributed by atoms with van der Waals surface area (Å²) in [6.45, 7) is 2.68. The van der Waals surface area contributed by atoms with E-state index in [-0.39, 0.29) is 11.7 Å². The maximum atomic E-state index is 13.9. The van der Waals surface area contributed by atoms with E-state index in [1.54, 1.807) is 27.8 Å². The van der Waals surface area contributed by atoms with Crippen molar-refractivity contribution in [1.82, 2.24) is 14.7 Å². The number of ether oxygens (including phenoxy) is 1. The molecule has 3 aromatic rings. The van der Waals surface area contributed by atoms with E-state index in [1.807, 2.05) is 37.3 Å². The molecule has 2 aromatic carbocycles. The van der Waals surface area contributed by atoms with Gasteiger partial charge in [-0.25, -0.2) is 9.07 Å². The molecule has 4 rings (SSSR count). The lowest BCUT2D eigenvalue weighted by atomic mass is 10.1. The van der Waals surface area contributed by atoms with Crippen molar-refractivity contribution >= 4 is 5.91 Å². The highest BCUT2D eigenvalue weighted by Gasteiger charge is 2.30. The van der Waals surface area contributed by atoms with Crippen LogP contribution in [0.25, 0.3) is 5.69 Å². The zero-order valence-electron chi connectivity index (χ0n) is 16.7. The topological polar surface area (TPSA) is 67.6 Å². The predicted octanol–water partition coefficient (Wildman–Crippen LogP) is 3.36. The fourth-order valence-electron chi connectivity index (χ4n) is 3.68. The number of hydrogen-bond acceptors (Lipinski definition) is 4. The first-order valence-electron chi connectivity index (χ1n) is 10.0. The Hall–Kier alpha value is -3.19. The molecule has 1 aromatic heterocycles. The lowest BCUT2D eigenvalue weighted by Crippen LogP contribution is -2.33. The molecule has 2 atom stereocenters. The van der Waals surface area contributed by atoms with Crippen LogP contribution in [0.15, 0.2) is 60.7 Å². The number of rotatable bonds is 4. The summed E-state index contributed by atoms with van der Waals surface area (Å²) >= 11 is 0. The summed E-state index contributed by atoms with van der Waals surface area (Å²) in [6.07, 6.45) is -0.614. The van der Waals surface area contributed by atoms with Gasteiger partial charge in [0.1, 0.15) is 6.10 Å². The van der Waals surface area contributed by atoms with Crippen molar-refractivity contribution in [1.29, 1.82) is 0 Å². The molecule has 0 unspecified atom stereocenters. The van der Waals surface area contributed by atoms with Gasteiger partial charge in [0, 0.05) is 25.2 Å². The maximum absolute atomic E-state index is 13.9. The highest BCUT2D eigenvalue weighted by Crippen LogP contribution is 2.23. The van der Waals surface area contributed by atoms with Crippen LogP contribution < -0.4 is 4.74 Å². The standard InChI is InChI=1S/C23H24FN3O3/c1-16-15-19(25-27(16)17-7-3-2-4-8-17)23(29)26-13-11-20(28)22(12-14-26)30-21-10-6-5-9-18(21)24/h2-10,15,20,22,28H,11-14H2,1H3/t20-,22-/m0/s1. The Morgan fingerprint density at radius 1 is 1.10 bits per heavy atom. The van der Waals surface area contributed by atoms with Crippen LogP contribution in [0, 0.1) is 12.7 Å². The highest BCUT2D eigenvalue weighted by molar-refractivity contribution is 5.92. The predicted molar refractivity (Wildman–Crippen MR) is 110 cm³/mol. The normalized spacial score (nSPS) is 19.4. The number of amides is 1. The Labute approximate surface area is 174 Å². The molecule has 1 aliphatic rings.